The van der Waals surface area contributed by atoms with E-state index in [0.29, 0.717) is 0 Å². The maximum Gasteiger partial charge on any atom is 0.119 e. The molecule has 0 saturated heterocycles. The summed E-state index contributed by atoms with van der Waals surface area (Å²) in [5, 5.41) is 0. The Morgan fingerprint density at radius 2 is 2.25 bits per heavy atom. The summed E-state index contributed by atoms with van der Waals surface area (Å²) in [6.07, 6.45) is 4.53. The van der Waals surface area contributed by atoms with Gasteiger partial charge in [-0.1, -0.05) is 15.9 Å². The van der Waals surface area contributed by atoms with Crippen molar-refractivity contribution in [2.24, 2.45) is 4.99 Å². The third-order valence-corrected chi connectivity index (χ3v) is 3.67. The van der Waals surface area contributed by atoms with Crippen LogP contribution >= 0.6 is 15.9 Å². The van der Waals surface area contributed by atoms with Crippen molar-refractivity contribution in [1.82, 2.24) is 0 Å². The number of hydrogen-bond acceptors (Lipinski definition) is 2. The highest BCUT2D eigenvalue weighted by atomic mass is 79.9. The van der Waals surface area contributed by atoms with Crippen LogP contribution in [0.15, 0.2) is 27.7 Å². The van der Waals surface area contributed by atoms with E-state index >= 15 is 0 Å². The Hall–Kier alpha value is -0.830. The molecular formula is C13H16BrNO. The van der Waals surface area contributed by atoms with E-state index in [1.54, 1.807) is 7.11 Å². The molecule has 0 spiro atoms. The van der Waals surface area contributed by atoms with Gasteiger partial charge in [-0.05, 0) is 49.4 Å². The molecule has 0 radical (unpaired) electrons. The summed E-state index contributed by atoms with van der Waals surface area (Å²) in [6, 6.07) is 6.12. The first-order valence-electron chi connectivity index (χ1n) is 5.64. The van der Waals surface area contributed by atoms with Gasteiger partial charge in [-0.25, -0.2) is 0 Å². The Kier molecular flexibility index (Phi) is 3.99. The van der Waals surface area contributed by atoms with Crippen LogP contribution in [0.2, 0.25) is 0 Å². The van der Waals surface area contributed by atoms with Gasteiger partial charge >= 0.3 is 0 Å². The van der Waals surface area contributed by atoms with Crippen LogP contribution in [-0.4, -0.2) is 19.4 Å². The molecule has 0 saturated carbocycles. The monoisotopic (exact) mass is 281 g/mol. The van der Waals surface area contributed by atoms with Gasteiger partial charge in [0.15, 0.2) is 0 Å². The van der Waals surface area contributed by atoms with Gasteiger partial charge in [-0.2, -0.15) is 0 Å². The van der Waals surface area contributed by atoms with Crippen molar-refractivity contribution in [3.05, 3.63) is 28.2 Å². The van der Waals surface area contributed by atoms with Gasteiger partial charge in [0.25, 0.3) is 0 Å². The molecule has 0 bridgehead atoms. The summed E-state index contributed by atoms with van der Waals surface area (Å²) in [5.41, 5.74) is 2.67. The van der Waals surface area contributed by atoms with Gasteiger partial charge in [0, 0.05) is 16.7 Å². The van der Waals surface area contributed by atoms with Crippen LogP contribution in [0.4, 0.5) is 0 Å². The maximum absolute atomic E-state index is 5.23. The fraction of sp³-hybridized carbons (Fsp3) is 0.462. The fourth-order valence-electron chi connectivity index (χ4n) is 1.95. The molecule has 0 fully saturated rings. The SMILES string of the molecule is COc1ccc(Br)c(CCC2=NCCC2)c1. The van der Waals surface area contributed by atoms with E-state index in [4.69, 9.17) is 4.74 Å². The molecular weight excluding hydrogens is 266 g/mol. The van der Waals surface area contributed by atoms with E-state index in [0.717, 1.165) is 29.6 Å². The molecule has 0 aromatic heterocycles. The van der Waals surface area contributed by atoms with Gasteiger partial charge in [0.2, 0.25) is 0 Å². The number of halogens is 1. The molecule has 2 rings (SSSR count). The predicted molar refractivity (Wildman–Crippen MR) is 70.6 cm³/mol. The van der Waals surface area contributed by atoms with Crippen molar-refractivity contribution < 1.29 is 4.74 Å². The van der Waals surface area contributed by atoms with Crippen molar-refractivity contribution in [2.45, 2.75) is 25.7 Å². The van der Waals surface area contributed by atoms with E-state index in [2.05, 4.69) is 27.0 Å². The van der Waals surface area contributed by atoms with E-state index in [1.165, 1.54) is 24.1 Å². The molecule has 1 aromatic rings. The van der Waals surface area contributed by atoms with Gasteiger partial charge in [-0.3, -0.25) is 4.99 Å². The number of benzene rings is 1. The summed E-state index contributed by atoms with van der Waals surface area (Å²) in [5.74, 6) is 0.923. The largest absolute Gasteiger partial charge is 0.497 e. The smallest absolute Gasteiger partial charge is 0.119 e. The molecule has 0 atom stereocenters. The number of hydrogen-bond donors (Lipinski definition) is 0. The van der Waals surface area contributed by atoms with Gasteiger partial charge < -0.3 is 4.74 Å². The van der Waals surface area contributed by atoms with Gasteiger partial charge in [0.05, 0.1) is 7.11 Å². The zero-order valence-corrected chi connectivity index (χ0v) is 11.1. The summed E-state index contributed by atoms with van der Waals surface area (Å²) in [6.45, 7) is 1.02. The minimum Gasteiger partial charge on any atom is -0.497 e. The lowest BCUT2D eigenvalue weighted by molar-refractivity contribution is 0.414. The lowest BCUT2D eigenvalue weighted by Gasteiger charge is -2.07. The quantitative estimate of drug-likeness (QED) is 0.826. The van der Waals surface area contributed by atoms with Crippen LogP contribution in [0.25, 0.3) is 0 Å². The number of aryl methyl sites for hydroxylation is 1. The van der Waals surface area contributed by atoms with E-state index in [9.17, 15) is 0 Å². The Morgan fingerprint density at radius 1 is 1.38 bits per heavy atom. The first-order valence-corrected chi connectivity index (χ1v) is 6.43. The maximum atomic E-state index is 5.23. The summed E-state index contributed by atoms with van der Waals surface area (Å²) in [7, 11) is 1.70. The van der Waals surface area contributed by atoms with E-state index in [1.807, 2.05) is 12.1 Å². The van der Waals surface area contributed by atoms with E-state index in [-0.39, 0.29) is 0 Å². The second kappa shape index (κ2) is 5.48. The average Bonchev–Trinajstić information content (AvgIpc) is 2.81. The normalized spacial score (nSPS) is 15.0. The van der Waals surface area contributed by atoms with Gasteiger partial charge in [-0.15, -0.1) is 0 Å². The van der Waals surface area contributed by atoms with Crippen LogP contribution < -0.4 is 4.74 Å². The highest BCUT2D eigenvalue weighted by molar-refractivity contribution is 9.10. The topological polar surface area (TPSA) is 21.6 Å². The van der Waals surface area contributed by atoms with Gasteiger partial charge in [0.1, 0.15) is 5.75 Å². The molecule has 1 aliphatic rings. The van der Waals surface area contributed by atoms with Crippen LogP contribution in [-0.2, 0) is 6.42 Å². The van der Waals surface area contributed by atoms with Crippen LogP contribution in [0.1, 0.15) is 24.8 Å². The molecule has 1 aliphatic heterocycles. The molecule has 0 amide bonds. The molecule has 2 nitrogen and oxygen atoms in total. The number of rotatable bonds is 4. The molecule has 0 aliphatic carbocycles. The average molecular weight is 282 g/mol. The third-order valence-electron chi connectivity index (χ3n) is 2.89. The Bertz CT molecular complexity index is 401. The lowest BCUT2D eigenvalue weighted by atomic mass is 10.1. The van der Waals surface area contributed by atoms with Crippen LogP contribution in [0, 0.1) is 0 Å². The van der Waals surface area contributed by atoms with Crippen molar-refractivity contribution in [3.63, 3.8) is 0 Å². The van der Waals surface area contributed by atoms with Crippen molar-refractivity contribution in [2.75, 3.05) is 13.7 Å². The van der Waals surface area contributed by atoms with Crippen LogP contribution in [0.3, 0.4) is 0 Å². The highest BCUT2D eigenvalue weighted by Crippen LogP contribution is 2.24. The molecule has 3 heteroatoms. The zero-order valence-electron chi connectivity index (χ0n) is 9.50. The molecule has 86 valence electrons. The second-order valence-corrected chi connectivity index (χ2v) is 4.86. The molecule has 1 aromatic carbocycles. The first-order chi connectivity index (χ1) is 7.79. The molecule has 0 unspecified atom stereocenters. The Labute approximate surface area is 105 Å². The minimum absolute atomic E-state index is 0.923. The standard InChI is InChI=1S/C13H16BrNO/c1-16-12-6-7-13(14)10(9-12)4-5-11-3-2-8-15-11/h6-7,9H,2-5,8H2,1H3. The fourth-order valence-corrected chi connectivity index (χ4v) is 2.40. The second-order valence-electron chi connectivity index (χ2n) is 4.01. The Morgan fingerprint density at radius 3 is 2.94 bits per heavy atom. The number of methoxy groups -OCH3 is 1. The molecule has 0 N–H and O–H groups in total. The van der Waals surface area contributed by atoms with E-state index < -0.39 is 0 Å². The molecule has 16 heavy (non-hydrogen) atoms. The first kappa shape index (κ1) is 11.6. The lowest BCUT2D eigenvalue weighted by Crippen LogP contribution is -1.97. The number of aliphatic imine (C=N–C) groups is 1. The minimum atomic E-state index is 0.923. The van der Waals surface area contributed by atoms with Crippen molar-refractivity contribution in [1.29, 1.82) is 0 Å². The zero-order chi connectivity index (χ0) is 11.4. The van der Waals surface area contributed by atoms with Crippen molar-refractivity contribution in [3.8, 4) is 5.75 Å². The van der Waals surface area contributed by atoms with Crippen LogP contribution in [0.5, 0.6) is 5.75 Å². The highest BCUT2D eigenvalue weighted by Gasteiger charge is 2.08. The molecule has 1 heterocycles. The third kappa shape index (κ3) is 2.85. The summed E-state index contributed by atoms with van der Waals surface area (Å²) >= 11 is 3.57. The predicted octanol–water partition coefficient (Wildman–Crippen LogP) is 3.63. The Balaban J connectivity index is 2.02. The van der Waals surface area contributed by atoms with Crippen molar-refractivity contribution >= 4 is 21.6 Å². The summed E-state index contributed by atoms with van der Waals surface area (Å²) in [4.78, 5) is 4.49. The summed E-state index contributed by atoms with van der Waals surface area (Å²) < 4.78 is 6.39. The number of ether oxygens (including phenoxy) is 1. The number of nitrogens with zero attached hydrogens (tertiary/aromatic N) is 1.